The maximum Gasteiger partial charge on any atom is 0.339 e. The van der Waals surface area contributed by atoms with E-state index in [2.05, 4.69) is 11.4 Å². The van der Waals surface area contributed by atoms with E-state index in [4.69, 9.17) is 4.74 Å². The van der Waals surface area contributed by atoms with Crippen LogP contribution in [0.3, 0.4) is 0 Å². The molecule has 0 aliphatic heterocycles. The number of thiophene rings is 1. The van der Waals surface area contributed by atoms with Crippen LogP contribution >= 0.6 is 11.3 Å². The molecule has 134 valence electrons. The number of carbonyl (C=O) groups is 2. The van der Waals surface area contributed by atoms with Crippen LogP contribution in [0.4, 0.5) is 0 Å². The zero-order chi connectivity index (χ0) is 18.6. The summed E-state index contributed by atoms with van der Waals surface area (Å²) in [5.74, 6) is -0.810. The minimum Gasteiger partial charge on any atom is -0.452 e. The first-order chi connectivity index (χ1) is 13.2. The van der Waals surface area contributed by atoms with E-state index in [1.54, 1.807) is 11.3 Å². The lowest BCUT2D eigenvalue weighted by Crippen LogP contribution is -2.28. The Hall–Kier alpha value is -3.18. The van der Waals surface area contributed by atoms with Crippen molar-refractivity contribution < 1.29 is 14.3 Å². The van der Waals surface area contributed by atoms with Crippen LogP contribution < -0.4 is 5.32 Å². The average molecular weight is 375 g/mol. The van der Waals surface area contributed by atoms with Crippen molar-refractivity contribution in [2.24, 2.45) is 0 Å². The molecule has 0 saturated heterocycles. The SMILES string of the molecule is O=C(COC(=O)c1c2ccccc2cc2ccccc12)NCc1cccs1. The molecule has 5 heteroatoms. The Bertz CT molecular complexity index is 1070. The van der Waals surface area contributed by atoms with Gasteiger partial charge in [0.2, 0.25) is 0 Å². The Balaban J connectivity index is 1.55. The predicted molar refractivity (Wildman–Crippen MR) is 108 cm³/mol. The fourth-order valence-corrected chi connectivity index (χ4v) is 3.73. The second-order valence-corrected chi connectivity index (χ2v) is 7.16. The van der Waals surface area contributed by atoms with Crippen molar-refractivity contribution in [2.75, 3.05) is 6.61 Å². The molecule has 1 N–H and O–H groups in total. The van der Waals surface area contributed by atoms with Gasteiger partial charge in [-0.05, 0) is 39.1 Å². The normalized spacial score (nSPS) is 10.8. The molecule has 0 saturated carbocycles. The largest absolute Gasteiger partial charge is 0.452 e. The fraction of sp³-hybridized carbons (Fsp3) is 0.0909. The Morgan fingerprint density at radius 3 is 2.19 bits per heavy atom. The van der Waals surface area contributed by atoms with E-state index in [-0.39, 0.29) is 12.5 Å². The highest BCUT2D eigenvalue weighted by Crippen LogP contribution is 2.29. The molecule has 0 atom stereocenters. The molecule has 27 heavy (non-hydrogen) atoms. The zero-order valence-electron chi connectivity index (χ0n) is 14.5. The van der Waals surface area contributed by atoms with Crippen molar-refractivity contribution >= 4 is 44.8 Å². The third-order valence-corrected chi connectivity index (χ3v) is 5.23. The third-order valence-electron chi connectivity index (χ3n) is 4.35. The van der Waals surface area contributed by atoms with Gasteiger partial charge in [-0.2, -0.15) is 0 Å². The number of amides is 1. The molecule has 4 rings (SSSR count). The molecule has 4 aromatic rings. The van der Waals surface area contributed by atoms with E-state index < -0.39 is 5.97 Å². The lowest BCUT2D eigenvalue weighted by molar-refractivity contribution is -0.124. The molecule has 1 aromatic heterocycles. The lowest BCUT2D eigenvalue weighted by atomic mass is 9.97. The number of esters is 1. The van der Waals surface area contributed by atoms with Gasteiger partial charge in [0.25, 0.3) is 5.91 Å². The van der Waals surface area contributed by atoms with Crippen LogP contribution in [-0.4, -0.2) is 18.5 Å². The third kappa shape index (κ3) is 3.68. The summed E-state index contributed by atoms with van der Waals surface area (Å²) >= 11 is 1.57. The van der Waals surface area contributed by atoms with Gasteiger partial charge in [0, 0.05) is 4.88 Å². The van der Waals surface area contributed by atoms with Gasteiger partial charge in [-0.1, -0.05) is 54.6 Å². The standard InChI is InChI=1S/C22H17NO3S/c24-20(23-13-17-8-5-11-27-17)14-26-22(25)21-18-9-3-1-6-15(18)12-16-7-2-4-10-19(16)21/h1-12H,13-14H2,(H,23,24). The van der Waals surface area contributed by atoms with Gasteiger partial charge in [0.1, 0.15) is 0 Å². The van der Waals surface area contributed by atoms with E-state index in [1.165, 1.54) is 0 Å². The lowest BCUT2D eigenvalue weighted by Gasteiger charge is -2.11. The molecule has 0 fully saturated rings. The molecule has 1 amide bonds. The van der Waals surface area contributed by atoms with E-state index in [0.717, 1.165) is 26.4 Å². The summed E-state index contributed by atoms with van der Waals surface area (Å²) in [6.07, 6.45) is 0. The predicted octanol–water partition coefficient (Wildman–Crippen LogP) is 4.53. The molecular formula is C22H17NO3S. The second kappa shape index (κ2) is 7.60. The Morgan fingerprint density at radius 1 is 0.889 bits per heavy atom. The van der Waals surface area contributed by atoms with E-state index in [1.807, 2.05) is 66.0 Å². The maximum absolute atomic E-state index is 12.8. The quantitative estimate of drug-likeness (QED) is 0.412. The van der Waals surface area contributed by atoms with Crippen LogP contribution in [0.5, 0.6) is 0 Å². The summed E-state index contributed by atoms with van der Waals surface area (Å²) in [6, 6.07) is 21.3. The molecular weight excluding hydrogens is 358 g/mol. The summed E-state index contributed by atoms with van der Waals surface area (Å²) in [5, 5.41) is 8.28. The second-order valence-electron chi connectivity index (χ2n) is 6.13. The highest BCUT2D eigenvalue weighted by Gasteiger charge is 2.17. The first-order valence-corrected chi connectivity index (χ1v) is 9.47. The molecule has 0 radical (unpaired) electrons. The molecule has 0 aliphatic rings. The van der Waals surface area contributed by atoms with E-state index >= 15 is 0 Å². The average Bonchev–Trinajstić information content (AvgIpc) is 3.22. The van der Waals surface area contributed by atoms with E-state index in [0.29, 0.717) is 12.1 Å². The molecule has 0 spiro atoms. The molecule has 0 unspecified atom stereocenters. The van der Waals surface area contributed by atoms with Gasteiger partial charge >= 0.3 is 5.97 Å². The highest BCUT2D eigenvalue weighted by atomic mass is 32.1. The van der Waals surface area contributed by atoms with Crippen LogP contribution in [0.1, 0.15) is 15.2 Å². The molecule has 4 nitrogen and oxygen atoms in total. The van der Waals surface area contributed by atoms with Gasteiger partial charge in [0.05, 0.1) is 12.1 Å². The molecule has 0 bridgehead atoms. The summed E-state index contributed by atoms with van der Waals surface area (Å²) in [6.45, 7) is 0.132. The van der Waals surface area contributed by atoms with Crippen LogP contribution in [0.25, 0.3) is 21.5 Å². The van der Waals surface area contributed by atoms with Crippen molar-refractivity contribution in [3.05, 3.63) is 82.6 Å². The molecule has 3 aromatic carbocycles. The van der Waals surface area contributed by atoms with Crippen molar-refractivity contribution in [2.45, 2.75) is 6.54 Å². The monoisotopic (exact) mass is 375 g/mol. The Kier molecular flexibility index (Phi) is 4.85. The Labute approximate surface area is 160 Å². The highest BCUT2D eigenvalue weighted by molar-refractivity contribution is 7.09. The zero-order valence-corrected chi connectivity index (χ0v) is 15.3. The maximum atomic E-state index is 12.8. The number of nitrogens with one attached hydrogen (secondary N) is 1. The van der Waals surface area contributed by atoms with Crippen molar-refractivity contribution in [1.29, 1.82) is 0 Å². The number of ether oxygens (including phenoxy) is 1. The minimum absolute atomic E-state index is 0.304. The van der Waals surface area contributed by atoms with Gasteiger partial charge < -0.3 is 10.1 Å². The number of carbonyl (C=O) groups excluding carboxylic acids is 2. The minimum atomic E-state index is -0.491. The number of benzene rings is 3. The fourth-order valence-electron chi connectivity index (χ4n) is 3.09. The van der Waals surface area contributed by atoms with Crippen molar-refractivity contribution in [1.82, 2.24) is 5.32 Å². The van der Waals surface area contributed by atoms with Gasteiger partial charge in [-0.15, -0.1) is 11.3 Å². The summed E-state index contributed by atoms with van der Waals surface area (Å²) in [4.78, 5) is 25.9. The van der Waals surface area contributed by atoms with Crippen LogP contribution in [0.15, 0.2) is 72.1 Å². The number of hydrogen-bond acceptors (Lipinski definition) is 4. The number of fused-ring (bicyclic) bond motifs is 2. The summed E-state index contributed by atoms with van der Waals surface area (Å²) < 4.78 is 5.33. The topological polar surface area (TPSA) is 55.4 Å². The first kappa shape index (κ1) is 17.2. The van der Waals surface area contributed by atoms with Crippen LogP contribution in [-0.2, 0) is 16.1 Å². The summed E-state index contributed by atoms with van der Waals surface area (Å²) in [7, 11) is 0. The number of rotatable bonds is 5. The van der Waals surface area contributed by atoms with Gasteiger partial charge in [-0.3, -0.25) is 4.79 Å². The molecule has 1 heterocycles. The van der Waals surface area contributed by atoms with Gasteiger partial charge in [0.15, 0.2) is 6.61 Å². The van der Waals surface area contributed by atoms with Crippen LogP contribution in [0, 0.1) is 0 Å². The Morgan fingerprint density at radius 2 is 1.56 bits per heavy atom. The van der Waals surface area contributed by atoms with E-state index in [9.17, 15) is 9.59 Å². The summed E-state index contributed by atoms with van der Waals surface area (Å²) in [5.41, 5.74) is 0.495. The van der Waals surface area contributed by atoms with Gasteiger partial charge in [-0.25, -0.2) is 4.79 Å². The smallest absolute Gasteiger partial charge is 0.339 e. The number of hydrogen-bond donors (Lipinski definition) is 1. The molecule has 0 aliphatic carbocycles. The van der Waals surface area contributed by atoms with Crippen molar-refractivity contribution in [3.63, 3.8) is 0 Å². The first-order valence-electron chi connectivity index (χ1n) is 8.59. The van der Waals surface area contributed by atoms with Crippen LogP contribution in [0.2, 0.25) is 0 Å². The van der Waals surface area contributed by atoms with Crippen molar-refractivity contribution in [3.8, 4) is 0 Å².